The molecule has 2 aromatic carbocycles. The van der Waals surface area contributed by atoms with Crippen molar-refractivity contribution in [3.8, 4) is 0 Å². The van der Waals surface area contributed by atoms with Crippen molar-refractivity contribution in [2.45, 2.75) is 19.4 Å². The summed E-state index contributed by atoms with van der Waals surface area (Å²) in [6.07, 6.45) is -0.0129. The van der Waals surface area contributed by atoms with Gasteiger partial charge in [0.15, 0.2) is 5.78 Å². The molecule has 0 fully saturated rings. The van der Waals surface area contributed by atoms with E-state index in [4.69, 9.17) is 9.15 Å². The topological polar surface area (TPSA) is 56.5 Å². The summed E-state index contributed by atoms with van der Waals surface area (Å²) >= 11 is 0. The Morgan fingerprint density at radius 3 is 2.50 bits per heavy atom. The maximum atomic E-state index is 12.8. The summed E-state index contributed by atoms with van der Waals surface area (Å²) in [5.41, 5.74) is 1.11. The number of esters is 1. The van der Waals surface area contributed by atoms with Crippen LogP contribution >= 0.6 is 0 Å². The molecule has 3 rings (SSSR count). The second-order valence-corrected chi connectivity index (χ2v) is 5.34. The molecule has 24 heavy (non-hydrogen) atoms. The van der Waals surface area contributed by atoms with Gasteiger partial charge in [0, 0.05) is 17.4 Å². The highest BCUT2D eigenvalue weighted by atomic mass is 19.1. The van der Waals surface area contributed by atoms with Crippen LogP contribution in [-0.4, -0.2) is 11.8 Å². The molecular weight excluding hydrogens is 311 g/mol. The second-order valence-electron chi connectivity index (χ2n) is 5.34. The summed E-state index contributed by atoms with van der Waals surface area (Å²) in [4.78, 5) is 23.6. The number of carbonyl (C=O) groups excluding carboxylic acids is 2. The van der Waals surface area contributed by atoms with Crippen molar-refractivity contribution in [2.24, 2.45) is 0 Å². The Hall–Kier alpha value is -2.95. The normalized spacial score (nSPS) is 10.7. The van der Waals surface area contributed by atoms with E-state index < -0.39 is 11.8 Å². The molecule has 0 atom stereocenters. The highest BCUT2D eigenvalue weighted by Crippen LogP contribution is 2.19. The maximum absolute atomic E-state index is 12.8. The van der Waals surface area contributed by atoms with Crippen LogP contribution in [0, 0.1) is 5.82 Å². The van der Waals surface area contributed by atoms with Gasteiger partial charge < -0.3 is 9.15 Å². The van der Waals surface area contributed by atoms with Gasteiger partial charge in [0.25, 0.3) is 0 Å². The Bertz CT molecular complexity index is 831. The van der Waals surface area contributed by atoms with Crippen LogP contribution in [0.25, 0.3) is 11.0 Å². The number of hydrogen-bond acceptors (Lipinski definition) is 4. The SMILES string of the molecule is O=C(CCC(=O)c1ccc(F)cc1)OCc1cc2ccccc2o1. The van der Waals surface area contributed by atoms with Crippen LogP contribution in [0.4, 0.5) is 4.39 Å². The minimum Gasteiger partial charge on any atom is -0.457 e. The Morgan fingerprint density at radius 2 is 1.75 bits per heavy atom. The van der Waals surface area contributed by atoms with Crippen LogP contribution in [-0.2, 0) is 16.1 Å². The van der Waals surface area contributed by atoms with E-state index in [0.29, 0.717) is 11.3 Å². The fourth-order valence-corrected chi connectivity index (χ4v) is 2.33. The average Bonchev–Trinajstić information content (AvgIpc) is 3.01. The number of carbonyl (C=O) groups is 2. The number of Topliss-reactive ketones (excluding diaryl/α,β-unsaturated/α-hetero) is 1. The lowest BCUT2D eigenvalue weighted by Gasteiger charge is -2.03. The Kier molecular flexibility index (Phi) is 4.70. The largest absolute Gasteiger partial charge is 0.457 e. The van der Waals surface area contributed by atoms with Gasteiger partial charge in [0.05, 0.1) is 6.42 Å². The molecular formula is C19H15FO4. The number of ether oxygens (including phenoxy) is 1. The second kappa shape index (κ2) is 7.08. The molecule has 0 spiro atoms. The molecule has 122 valence electrons. The first-order valence-corrected chi connectivity index (χ1v) is 7.54. The Morgan fingerprint density at radius 1 is 1.00 bits per heavy atom. The van der Waals surface area contributed by atoms with Crippen LogP contribution in [0.3, 0.4) is 0 Å². The van der Waals surface area contributed by atoms with E-state index in [0.717, 1.165) is 11.0 Å². The van der Waals surface area contributed by atoms with E-state index in [2.05, 4.69) is 0 Å². The molecule has 0 aliphatic rings. The summed E-state index contributed by atoms with van der Waals surface area (Å²) < 4.78 is 23.5. The van der Waals surface area contributed by atoms with Crippen molar-refractivity contribution in [1.29, 1.82) is 0 Å². The third-order valence-corrected chi connectivity index (χ3v) is 3.57. The van der Waals surface area contributed by atoms with Gasteiger partial charge >= 0.3 is 5.97 Å². The monoisotopic (exact) mass is 326 g/mol. The zero-order valence-electron chi connectivity index (χ0n) is 12.8. The third-order valence-electron chi connectivity index (χ3n) is 3.57. The average molecular weight is 326 g/mol. The molecule has 0 N–H and O–H groups in total. The van der Waals surface area contributed by atoms with Crippen molar-refractivity contribution >= 4 is 22.7 Å². The van der Waals surface area contributed by atoms with E-state index >= 15 is 0 Å². The molecule has 0 bridgehead atoms. The van der Waals surface area contributed by atoms with Gasteiger partial charge in [-0.2, -0.15) is 0 Å². The first-order valence-electron chi connectivity index (χ1n) is 7.54. The van der Waals surface area contributed by atoms with Crippen LogP contribution in [0.2, 0.25) is 0 Å². The van der Waals surface area contributed by atoms with Crippen LogP contribution < -0.4 is 0 Å². The van der Waals surface area contributed by atoms with Gasteiger partial charge in [0.2, 0.25) is 0 Å². The number of rotatable bonds is 6. The van der Waals surface area contributed by atoms with Crippen LogP contribution in [0.5, 0.6) is 0 Å². The Balaban J connectivity index is 1.48. The lowest BCUT2D eigenvalue weighted by Crippen LogP contribution is -2.08. The van der Waals surface area contributed by atoms with Gasteiger partial charge in [-0.3, -0.25) is 9.59 Å². The molecule has 0 amide bonds. The molecule has 0 radical (unpaired) electrons. The molecule has 0 unspecified atom stereocenters. The highest BCUT2D eigenvalue weighted by molar-refractivity contribution is 5.97. The molecule has 1 heterocycles. The summed E-state index contributed by atoms with van der Waals surface area (Å²) in [6, 6.07) is 14.5. The van der Waals surface area contributed by atoms with E-state index in [1.54, 1.807) is 0 Å². The number of fused-ring (bicyclic) bond motifs is 1. The van der Waals surface area contributed by atoms with E-state index in [1.807, 2.05) is 30.3 Å². The smallest absolute Gasteiger partial charge is 0.306 e. The lowest BCUT2D eigenvalue weighted by atomic mass is 10.1. The van der Waals surface area contributed by atoms with E-state index in [-0.39, 0.29) is 25.2 Å². The molecule has 1 aromatic heterocycles. The molecule has 0 aliphatic carbocycles. The summed E-state index contributed by atoms with van der Waals surface area (Å²) in [5, 5.41) is 0.940. The standard InChI is InChI=1S/C19H15FO4/c20-15-7-5-13(6-8-15)17(21)9-10-19(22)23-12-16-11-14-3-1-2-4-18(14)24-16/h1-8,11H,9-10,12H2. The molecule has 3 aromatic rings. The molecule has 0 aliphatic heterocycles. The summed E-state index contributed by atoms with van der Waals surface area (Å²) in [5.74, 6) is -0.562. The predicted molar refractivity (Wildman–Crippen MR) is 86.0 cm³/mol. The van der Waals surface area contributed by atoms with Crippen molar-refractivity contribution in [1.82, 2.24) is 0 Å². The molecule has 0 saturated heterocycles. The zero-order chi connectivity index (χ0) is 16.9. The fraction of sp³-hybridized carbons (Fsp3) is 0.158. The number of para-hydroxylation sites is 1. The molecule has 4 nitrogen and oxygen atoms in total. The van der Waals surface area contributed by atoms with Crippen molar-refractivity contribution in [2.75, 3.05) is 0 Å². The van der Waals surface area contributed by atoms with Gasteiger partial charge in [-0.15, -0.1) is 0 Å². The van der Waals surface area contributed by atoms with Crippen molar-refractivity contribution < 1.29 is 23.1 Å². The van der Waals surface area contributed by atoms with Crippen LogP contribution in [0.15, 0.2) is 59.0 Å². The van der Waals surface area contributed by atoms with E-state index in [9.17, 15) is 14.0 Å². The number of furan rings is 1. The van der Waals surface area contributed by atoms with Gasteiger partial charge in [-0.1, -0.05) is 18.2 Å². The zero-order valence-corrected chi connectivity index (χ0v) is 12.8. The molecule has 5 heteroatoms. The minimum absolute atomic E-state index is 0.0184. The maximum Gasteiger partial charge on any atom is 0.306 e. The van der Waals surface area contributed by atoms with Gasteiger partial charge in [0.1, 0.15) is 23.8 Å². The van der Waals surface area contributed by atoms with Crippen molar-refractivity contribution in [3.63, 3.8) is 0 Å². The minimum atomic E-state index is -0.481. The third kappa shape index (κ3) is 3.87. The molecule has 0 saturated carbocycles. The number of ketones is 1. The van der Waals surface area contributed by atoms with E-state index in [1.165, 1.54) is 24.3 Å². The number of halogens is 1. The summed E-state index contributed by atoms with van der Waals surface area (Å²) in [6.45, 7) is 0.0260. The number of hydrogen-bond donors (Lipinski definition) is 0. The quantitative estimate of drug-likeness (QED) is 0.501. The fourth-order valence-electron chi connectivity index (χ4n) is 2.33. The first kappa shape index (κ1) is 15.9. The van der Waals surface area contributed by atoms with Crippen LogP contribution in [0.1, 0.15) is 29.0 Å². The Labute approximate surface area is 137 Å². The highest BCUT2D eigenvalue weighted by Gasteiger charge is 2.12. The summed E-state index contributed by atoms with van der Waals surface area (Å²) in [7, 11) is 0. The lowest BCUT2D eigenvalue weighted by molar-refractivity contribution is -0.145. The van der Waals surface area contributed by atoms with Crippen molar-refractivity contribution in [3.05, 3.63) is 71.7 Å². The first-order chi connectivity index (χ1) is 11.6. The predicted octanol–water partition coefficient (Wildman–Crippen LogP) is 4.28. The number of benzene rings is 2. The van der Waals surface area contributed by atoms with Gasteiger partial charge in [-0.05, 0) is 36.4 Å². The van der Waals surface area contributed by atoms with Gasteiger partial charge in [-0.25, -0.2) is 4.39 Å².